The second-order valence-electron chi connectivity index (χ2n) is 6.21. The third kappa shape index (κ3) is 2.77. The van der Waals surface area contributed by atoms with Crippen LogP contribution in [0, 0.1) is 6.92 Å². The summed E-state index contributed by atoms with van der Waals surface area (Å²) in [5.41, 5.74) is 1.52. The summed E-state index contributed by atoms with van der Waals surface area (Å²) in [5, 5.41) is 0. The minimum Gasteiger partial charge on any atom is -0.490 e. The molecule has 0 aromatic heterocycles. The molecule has 20 heavy (non-hydrogen) atoms. The van der Waals surface area contributed by atoms with Crippen LogP contribution in [0.15, 0.2) is 30.9 Å². The van der Waals surface area contributed by atoms with Crippen LogP contribution in [0.25, 0.3) is 0 Å². The molecule has 108 valence electrons. The van der Waals surface area contributed by atoms with E-state index in [4.69, 9.17) is 14.0 Å². The first kappa shape index (κ1) is 15.1. The lowest BCUT2D eigenvalue weighted by Crippen LogP contribution is -2.41. The summed E-state index contributed by atoms with van der Waals surface area (Å²) in [6.07, 6.45) is 1.73. The Morgan fingerprint density at radius 2 is 1.80 bits per heavy atom. The lowest BCUT2D eigenvalue weighted by atomic mass is 9.76. The van der Waals surface area contributed by atoms with E-state index in [0.717, 1.165) is 16.8 Å². The maximum absolute atomic E-state index is 6.07. The molecule has 0 amide bonds. The van der Waals surface area contributed by atoms with Crippen molar-refractivity contribution < 1.29 is 14.0 Å². The SMILES string of the molecule is C=CCOc1ccc(B2OC(C)(C)C(C)(C)O2)c(C)c1. The van der Waals surface area contributed by atoms with Crippen LogP contribution in [0.1, 0.15) is 33.3 Å². The van der Waals surface area contributed by atoms with Crippen LogP contribution in [0.5, 0.6) is 5.75 Å². The second kappa shape index (κ2) is 5.26. The average molecular weight is 274 g/mol. The molecule has 1 aromatic carbocycles. The van der Waals surface area contributed by atoms with Crippen molar-refractivity contribution in [3.05, 3.63) is 36.4 Å². The number of aryl methyl sites for hydroxylation is 1. The second-order valence-corrected chi connectivity index (χ2v) is 6.21. The van der Waals surface area contributed by atoms with E-state index >= 15 is 0 Å². The largest absolute Gasteiger partial charge is 0.495 e. The molecule has 1 aliphatic heterocycles. The van der Waals surface area contributed by atoms with Crippen molar-refractivity contribution in [1.82, 2.24) is 0 Å². The first-order valence-electron chi connectivity index (χ1n) is 6.97. The summed E-state index contributed by atoms with van der Waals surface area (Å²) < 4.78 is 17.7. The molecule has 0 atom stereocenters. The fourth-order valence-electron chi connectivity index (χ4n) is 2.13. The number of hydrogen-bond acceptors (Lipinski definition) is 3. The van der Waals surface area contributed by atoms with E-state index < -0.39 is 0 Å². The molecule has 0 bridgehead atoms. The summed E-state index contributed by atoms with van der Waals surface area (Å²) in [5.74, 6) is 0.836. The van der Waals surface area contributed by atoms with E-state index in [2.05, 4.69) is 34.3 Å². The highest BCUT2D eigenvalue weighted by Gasteiger charge is 2.52. The molecule has 0 spiro atoms. The predicted molar refractivity (Wildman–Crippen MR) is 82.6 cm³/mol. The van der Waals surface area contributed by atoms with Crippen LogP contribution in [-0.4, -0.2) is 24.9 Å². The number of rotatable bonds is 4. The molecule has 1 fully saturated rings. The Hall–Kier alpha value is -1.26. The zero-order chi connectivity index (χ0) is 15.0. The molecule has 1 aromatic rings. The minimum absolute atomic E-state index is 0.317. The fourth-order valence-corrected chi connectivity index (χ4v) is 2.13. The predicted octanol–water partition coefficient (Wildman–Crippen LogP) is 2.86. The van der Waals surface area contributed by atoms with Gasteiger partial charge in [0.05, 0.1) is 11.2 Å². The fraction of sp³-hybridized carbons (Fsp3) is 0.500. The summed E-state index contributed by atoms with van der Waals surface area (Å²) in [7, 11) is -0.326. The minimum atomic E-state index is -0.326. The average Bonchev–Trinajstić information content (AvgIpc) is 2.55. The van der Waals surface area contributed by atoms with Gasteiger partial charge in [0.15, 0.2) is 0 Å². The Morgan fingerprint density at radius 3 is 2.30 bits per heavy atom. The molecule has 0 radical (unpaired) electrons. The maximum atomic E-state index is 6.07. The molecule has 1 saturated heterocycles. The van der Waals surface area contributed by atoms with Crippen molar-refractivity contribution in [2.45, 2.75) is 45.8 Å². The molecular weight excluding hydrogens is 251 g/mol. The molecule has 0 saturated carbocycles. The van der Waals surface area contributed by atoms with Crippen LogP contribution in [-0.2, 0) is 9.31 Å². The van der Waals surface area contributed by atoms with Crippen molar-refractivity contribution in [3.8, 4) is 5.75 Å². The van der Waals surface area contributed by atoms with Gasteiger partial charge in [0.25, 0.3) is 0 Å². The smallest absolute Gasteiger partial charge is 0.490 e. The van der Waals surface area contributed by atoms with E-state index in [1.807, 2.05) is 25.1 Å². The van der Waals surface area contributed by atoms with Gasteiger partial charge in [0.2, 0.25) is 0 Å². The molecule has 1 aliphatic rings. The number of hydrogen-bond donors (Lipinski definition) is 0. The summed E-state index contributed by atoms with van der Waals surface area (Å²) in [4.78, 5) is 0. The lowest BCUT2D eigenvalue weighted by molar-refractivity contribution is 0.00578. The first-order chi connectivity index (χ1) is 9.27. The molecule has 2 rings (SSSR count). The van der Waals surface area contributed by atoms with Crippen molar-refractivity contribution in [2.24, 2.45) is 0 Å². The van der Waals surface area contributed by atoms with Crippen LogP contribution in [0.3, 0.4) is 0 Å². The Morgan fingerprint density at radius 1 is 1.20 bits per heavy atom. The molecule has 0 N–H and O–H groups in total. The molecular formula is C16H23BO3. The molecule has 0 aliphatic carbocycles. The van der Waals surface area contributed by atoms with Gasteiger partial charge in [-0.1, -0.05) is 18.7 Å². The van der Waals surface area contributed by atoms with Gasteiger partial charge >= 0.3 is 7.12 Å². The third-order valence-corrected chi connectivity index (χ3v) is 4.12. The van der Waals surface area contributed by atoms with Crippen molar-refractivity contribution in [2.75, 3.05) is 6.61 Å². The van der Waals surface area contributed by atoms with Crippen molar-refractivity contribution in [1.29, 1.82) is 0 Å². The summed E-state index contributed by atoms with van der Waals surface area (Å²) >= 11 is 0. The Bertz CT molecular complexity index is 492. The topological polar surface area (TPSA) is 27.7 Å². The molecule has 0 unspecified atom stereocenters. The summed E-state index contributed by atoms with van der Waals surface area (Å²) in [6.45, 7) is 14.4. The number of benzene rings is 1. The molecule has 4 heteroatoms. The van der Waals surface area contributed by atoms with Crippen LogP contribution in [0.2, 0.25) is 0 Å². The highest BCUT2D eigenvalue weighted by Crippen LogP contribution is 2.36. The Balaban J connectivity index is 2.21. The van der Waals surface area contributed by atoms with Crippen molar-refractivity contribution >= 4 is 12.6 Å². The van der Waals surface area contributed by atoms with Gasteiger partial charge in [-0.15, -0.1) is 0 Å². The zero-order valence-corrected chi connectivity index (χ0v) is 13.0. The highest BCUT2D eigenvalue weighted by molar-refractivity contribution is 6.62. The monoisotopic (exact) mass is 274 g/mol. The van der Waals surface area contributed by atoms with E-state index in [9.17, 15) is 0 Å². The highest BCUT2D eigenvalue weighted by atomic mass is 16.7. The van der Waals surface area contributed by atoms with Gasteiger partial charge < -0.3 is 14.0 Å². The quantitative estimate of drug-likeness (QED) is 0.624. The van der Waals surface area contributed by atoms with Gasteiger partial charge in [-0.05, 0) is 57.8 Å². The Labute approximate surface area is 122 Å². The lowest BCUT2D eigenvalue weighted by Gasteiger charge is -2.32. The Kier molecular flexibility index (Phi) is 3.98. The number of ether oxygens (including phenoxy) is 1. The zero-order valence-electron chi connectivity index (χ0n) is 13.0. The van der Waals surface area contributed by atoms with E-state index in [1.165, 1.54) is 0 Å². The van der Waals surface area contributed by atoms with Gasteiger partial charge in [-0.3, -0.25) is 0 Å². The van der Waals surface area contributed by atoms with Crippen LogP contribution < -0.4 is 10.2 Å². The third-order valence-electron chi connectivity index (χ3n) is 4.12. The van der Waals surface area contributed by atoms with Crippen molar-refractivity contribution in [3.63, 3.8) is 0 Å². The first-order valence-corrected chi connectivity index (χ1v) is 6.97. The van der Waals surface area contributed by atoms with Crippen LogP contribution in [0.4, 0.5) is 0 Å². The standard InChI is InChI=1S/C16H23BO3/c1-7-10-18-13-8-9-14(12(2)11-13)17-19-15(3,4)16(5,6)20-17/h7-9,11H,1,10H2,2-6H3. The maximum Gasteiger partial charge on any atom is 0.495 e. The van der Waals surface area contributed by atoms with Gasteiger partial charge in [0.1, 0.15) is 12.4 Å². The van der Waals surface area contributed by atoms with Crippen LogP contribution >= 0.6 is 0 Å². The van der Waals surface area contributed by atoms with E-state index in [1.54, 1.807) is 6.08 Å². The van der Waals surface area contributed by atoms with Gasteiger partial charge in [0, 0.05) is 0 Å². The molecule has 3 nitrogen and oxygen atoms in total. The summed E-state index contributed by atoms with van der Waals surface area (Å²) in [6, 6.07) is 5.96. The van der Waals surface area contributed by atoms with E-state index in [0.29, 0.717) is 6.61 Å². The van der Waals surface area contributed by atoms with Gasteiger partial charge in [-0.2, -0.15) is 0 Å². The normalized spacial score (nSPS) is 19.9. The van der Waals surface area contributed by atoms with Gasteiger partial charge in [-0.25, -0.2) is 0 Å². The molecule has 1 heterocycles. The van der Waals surface area contributed by atoms with E-state index in [-0.39, 0.29) is 18.3 Å².